The van der Waals surface area contributed by atoms with Crippen LogP contribution < -0.4 is 5.32 Å². The van der Waals surface area contributed by atoms with Crippen molar-refractivity contribution in [2.45, 2.75) is 6.54 Å². The fraction of sp³-hybridized carbons (Fsp3) is 0.273. The minimum absolute atomic E-state index is 0.0496. The van der Waals surface area contributed by atoms with E-state index >= 15 is 0 Å². The molecule has 1 fully saturated rings. The van der Waals surface area contributed by atoms with Gasteiger partial charge in [-0.2, -0.15) is 0 Å². The highest BCUT2D eigenvalue weighted by molar-refractivity contribution is 6.35. The summed E-state index contributed by atoms with van der Waals surface area (Å²) in [5, 5.41) is 12.3. The molecule has 0 spiro atoms. The first kappa shape index (κ1) is 20.3. The van der Waals surface area contributed by atoms with Crippen LogP contribution in [0.4, 0.5) is 4.79 Å². The molecule has 0 radical (unpaired) electrons. The topological polar surface area (TPSA) is 86.0 Å². The number of benzene rings is 2. The van der Waals surface area contributed by atoms with Gasteiger partial charge in [-0.15, -0.1) is 0 Å². The van der Waals surface area contributed by atoms with E-state index in [0.29, 0.717) is 21.9 Å². The fourth-order valence-corrected chi connectivity index (χ4v) is 3.84. The Kier molecular flexibility index (Phi) is 5.65. The second kappa shape index (κ2) is 8.38. The molecule has 0 unspecified atom stereocenters. The van der Waals surface area contributed by atoms with Gasteiger partial charge < -0.3 is 24.6 Å². The van der Waals surface area contributed by atoms with Crippen LogP contribution >= 0.6 is 11.6 Å². The van der Waals surface area contributed by atoms with Gasteiger partial charge in [0.15, 0.2) is 5.58 Å². The average molecular weight is 428 g/mol. The van der Waals surface area contributed by atoms with Gasteiger partial charge in [0, 0.05) is 37.1 Å². The SMILES string of the molecule is CN1CCN(C(=O)c2ccc(-c3cc(Cl)c4oc(CNC(=O)O)cc4c3)cc2)CC1. The number of nitrogens with one attached hydrogen (secondary N) is 1. The van der Waals surface area contributed by atoms with E-state index in [4.69, 9.17) is 21.1 Å². The first-order valence-electron chi connectivity index (χ1n) is 9.68. The third-order valence-corrected chi connectivity index (χ3v) is 5.57. The van der Waals surface area contributed by atoms with Crippen molar-refractivity contribution in [2.75, 3.05) is 33.2 Å². The van der Waals surface area contributed by atoms with Gasteiger partial charge in [-0.1, -0.05) is 23.7 Å². The van der Waals surface area contributed by atoms with Crippen molar-refractivity contribution < 1.29 is 19.1 Å². The molecular formula is C22H22ClN3O4. The highest BCUT2D eigenvalue weighted by Crippen LogP contribution is 2.33. The van der Waals surface area contributed by atoms with Crippen molar-refractivity contribution >= 4 is 34.6 Å². The van der Waals surface area contributed by atoms with E-state index in [9.17, 15) is 9.59 Å². The molecule has 3 aromatic rings. The maximum Gasteiger partial charge on any atom is 0.405 e. The number of hydrogen-bond donors (Lipinski definition) is 2. The lowest BCUT2D eigenvalue weighted by molar-refractivity contribution is 0.0664. The molecule has 1 aliphatic heterocycles. The minimum Gasteiger partial charge on any atom is -0.465 e. The quantitative estimate of drug-likeness (QED) is 0.659. The van der Waals surface area contributed by atoms with Crippen molar-refractivity contribution in [2.24, 2.45) is 0 Å². The fourth-order valence-electron chi connectivity index (χ4n) is 3.58. The zero-order valence-corrected chi connectivity index (χ0v) is 17.3. The zero-order valence-electron chi connectivity index (χ0n) is 16.5. The van der Waals surface area contributed by atoms with E-state index in [1.54, 1.807) is 12.1 Å². The van der Waals surface area contributed by atoms with Crippen LogP contribution in [-0.2, 0) is 6.54 Å². The molecule has 1 aromatic heterocycles. The van der Waals surface area contributed by atoms with Crippen LogP contribution in [0.1, 0.15) is 16.1 Å². The number of furan rings is 1. The van der Waals surface area contributed by atoms with Crippen LogP contribution in [0.5, 0.6) is 0 Å². The van der Waals surface area contributed by atoms with Gasteiger partial charge in [0.25, 0.3) is 5.91 Å². The number of carbonyl (C=O) groups excluding carboxylic acids is 1. The average Bonchev–Trinajstić information content (AvgIpc) is 3.16. The molecule has 0 atom stereocenters. The lowest BCUT2D eigenvalue weighted by Crippen LogP contribution is -2.47. The van der Waals surface area contributed by atoms with Crippen molar-refractivity contribution in [1.82, 2.24) is 15.1 Å². The summed E-state index contributed by atoms with van der Waals surface area (Å²) in [5.74, 6) is 0.535. The van der Waals surface area contributed by atoms with Gasteiger partial charge in [0.05, 0.1) is 11.6 Å². The largest absolute Gasteiger partial charge is 0.465 e. The second-order valence-corrected chi connectivity index (χ2v) is 7.83. The molecule has 2 N–H and O–H groups in total. The number of amides is 2. The molecule has 8 heteroatoms. The molecule has 2 amide bonds. The van der Waals surface area contributed by atoms with Crippen LogP contribution in [0.15, 0.2) is 46.9 Å². The number of halogens is 1. The van der Waals surface area contributed by atoms with Crippen molar-refractivity contribution in [3.05, 3.63) is 58.8 Å². The van der Waals surface area contributed by atoms with Gasteiger partial charge >= 0.3 is 6.09 Å². The van der Waals surface area contributed by atoms with E-state index in [0.717, 1.165) is 42.7 Å². The van der Waals surface area contributed by atoms with Crippen molar-refractivity contribution in [3.8, 4) is 11.1 Å². The summed E-state index contributed by atoms with van der Waals surface area (Å²) < 4.78 is 5.65. The van der Waals surface area contributed by atoms with E-state index in [-0.39, 0.29) is 12.5 Å². The molecule has 0 bridgehead atoms. The molecule has 7 nitrogen and oxygen atoms in total. The third kappa shape index (κ3) is 4.27. The Hall–Kier alpha value is -3.03. The zero-order chi connectivity index (χ0) is 21.3. The molecule has 0 aliphatic carbocycles. The maximum atomic E-state index is 12.7. The van der Waals surface area contributed by atoms with Gasteiger partial charge in [-0.05, 0) is 48.5 Å². The summed E-state index contributed by atoms with van der Waals surface area (Å²) >= 11 is 6.39. The van der Waals surface area contributed by atoms with E-state index in [1.165, 1.54) is 0 Å². The molecule has 1 aliphatic rings. The predicted molar refractivity (Wildman–Crippen MR) is 115 cm³/mol. The van der Waals surface area contributed by atoms with Crippen LogP contribution in [0.25, 0.3) is 22.1 Å². The Morgan fingerprint density at radius 3 is 2.43 bits per heavy atom. The van der Waals surface area contributed by atoms with Crippen LogP contribution in [0.3, 0.4) is 0 Å². The first-order valence-corrected chi connectivity index (χ1v) is 10.1. The highest BCUT2D eigenvalue weighted by atomic mass is 35.5. The number of nitrogens with zero attached hydrogens (tertiary/aromatic N) is 2. The molecular weight excluding hydrogens is 406 g/mol. The summed E-state index contributed by atoms with van der Waals surface area (Å²) in [6.07, 6.45) is -1.12. The molecule has 2 aromatic carbocycles. The first-order chi connectivity index (χ1) is 14.4. The molecule has 2 heterocycles. The van der Waals surface area contributed by atoms with Crippen LogP contribution in [-0.4, -0.2) is 60.1 Å². The summed E-state index contributed by atoms with van der Waals surface area (Å²) in [7, 11) is 2.06. The lowest BCUT2D eigenvalue weighted by Gasteiger charge is -2.32. The number of carboxylic acid groups (broad SMARTS) is 1. The summed E-state index contributed by atoms with van der Waals surface area (Å²) in [4.78, 5) is 27.5. The van der Waals surface area contributed by atoms with Crippen molar-refractivity contribution in [1.29, 1.82) is 0 Å². The molecule has 30 heavy (non-hydrogen) atoms. The number of likely N-dealkylation sites (N-methyl/N-ethyl adjacent to an activating group) is 1. The van der Waals surface area contributed by atoms with Gasteiger partial charge in [0.1, 0.15) is 5.76 Å². The Morgan fingerprint density at radius 2 is 1.77 bits per heavy atom. The number of rotatable bonds is 4. The van der Waals surface area contributed by atoms with E-state index in [2.05, 4.69) is 17.3 Å². The Morgan fingerprint density at radius 1 is 1.07 bits per heavy atom. The summed E-state index contributed by atoms with van der Waals surface area (Å²) in [5.41, 5.74) is 3.01. The van der Waals surface area contributed by atoms with Crippen LogP contribution in [0.2, 0.25) is 5.02 Å². The maximum absolute atomic E-state index is 12.7. The molecule has 0 saturated carbocycles. The monoisotopic (exact) mass is 427 g/mol. The smallest absolute Gasteiger partial charge is 0.405 e. The van der Waals surface area contributed by atoms with Crippen molar-refractivity contribution in [3.63, 3.8) is 0 Å². The predicted octanol–water partition coefficient (Wildman–Crippen LogP) is 3.91. The molecule has 4 rings (SSSR count). The van der Waals surface area contributed by atoms with Gasteiger partial charge in [0.2, 0.25) is 0 Å². The normalized spacial score (nSPS) is 14.8. The van der Waals surface area contributed by atoms with Gasteiger partial charge in [-0.3, -0.25) is 4.79 Å². The highest BCUT2D eigenvalue weighted by Gasteiger charge is 2.20. The standard InChI is InChI=1S/C22H22ClN3O4/c1-25-6-8-26(9-7-25)21(27)15-4-2-14(3-5-15)16-10-17-11-18(13-24-22(28)29)30-20(17)19(23)12-16/h2-5,10-12,24H,6-9,13H2,1H3,(H,28,29). The molecule has 156 valence electrons. The van der Waals surface area contributed by atoms with Crippen LogP contribution in [0, 0.1) is 0 Å². The summed E-state index contributed by atoms with van der Waals surface area (Å²) in [6, 6.07) is 13.0. The molecule has 1 saturated heterocycles. The Labute approximate surface area is 178 Å². The van der Waals surface area contributed by atoms with E-state index in [1.807, 2.05) is 35.2 Å². The number of fused-ring (bicyclic) bond motifs is 1. The minimum atomic E-state index is -1.12. The number of hydrogen-bond acceptors (Lipinski definition) is 4. The Balaban J connectivity index is 1.54. The van der Waals surface area contributed by atoms with E-state index < -0.39 is 6.09 Å². The lowest BCUT2D eigenvalue weighted by atomic mass is 10.0. The summed E-state index contributed by atoms with van der Waals surface area (Å²) in [6.45, 7) is 3.32. The third-order valence-electron chi connectivity index (χ3n) is 5.29. The Bertz CT molecular complexity index is 1090. The number of carbonyl (C=O) groups is 2. The second-order valence-electron chi connectivity index (χ2n) is 7.42. The van der Waals surface area contributed by atoms with Gasteiger partial charge in [-0.25, -0.2) is 4.79 Å². The number of piperazine rings is 1.